The Kier molecular flexibility index (Phi) is 4.44. The van der Waals surface area contributed by atoms with Gasteiger partial charge in [-0.2, -0.15) is 0 Å². The molecule has 1 fully saturated rings. The van der Waals surface area contributed by atoms with Crippen LogP contribution < -0.4 is 5.32 Å². The molecule has 0 atom stereocenters. The Morgan fingerprint density at radius 3 is 2.35 bits per heavy atom. The third kappa shape index (κ3) is 2.78. The molecule has 2 N–H and O–H groups in total. The number of hydrogen-bond donors (Lipinski definition) is 2. The Hall–Kier alpha value is -1.08. The standard InChI is InChI=1S/C18H22INO3/c1-10-8-12(19)9-11(2)14(10)15-16(21)18(20-17(15)22)6-4-13(23-3)5-7-18/h8-9,13,21H,4-7H2,1-3H3,(H,20,22). The zero-order valence-corrected chi connectivity index (χ0v) is 15.9. The van der Waals surface area contributed by atoms with Gasteiger partial charge in [0.05, 0.1) is 17.2 Å². The highest BCUT2D eigenvalue weighted by molar-refractivity contribution is 14.1. The van der Waals surface area contributed by atoms with Crippen molar-refractivity contribution in [2.45, 2.75) is 51.2 Å². The number of benzene rings is 1. The second kappa shape index (κ2) is 6.09. The van der Waals surface area contributed by atoms with Gasteiger partial charge in [-0.3, -0.25) is 4.79 Å². The number of carbonyl (C=O) groups is 1. The first-order chi connectivity index (χ1) is 10.9. The minimum absolute atomic E-state index is 0.161. The Bertz CT molecular complexity index is 665. The molecule has 0 bridgehead atoms. The molecule has 0 radical (unpaired) electrons. The van der Waals surface area contributed by atoms with E-state index in [1.807, 2.05) is 26.0 Å². The van der Waals surface area contributed by atoms with Gasteiger partial charge in [-0.15, -0.1) is 0 Å². The maximum Gasteiger partial charge on any atom is 0.256 e. The molecule has 124 valence electrons. The van der Waals surface area contributed by atoms with Gasteiger partial charge in [0.15, 0.2) is 0 Å². The summed E-state index contributed by atoms with van der Waals surface area (Å²) in [4.78, 5) is 12.6. The Labute approximate surface area is 150 Å². The predicted octanol–water partition coefficient (Wildman–Crippen LogP) is 3.63. The number of methoxy groups -OCH3 is 1. The summed E-state index contributed by atoms with van der Waals surface area (Å²) >= 11 is 2.27. The van der Waals surface area contributed by atoms with Crippen molar-refractivity contribution in [3.05, 3.63) is 38.2 Å². The number of ether oxygens (including phenoxy) is 1. The van der Waals surface area contributed by atoms with E-state index >= 15 is 0 Å². The number of nitrogens with one attached hydrogen (secondary N) is 1. The van der Waals surface area contributed by atoms with E-state index in [1.165, 1.54) is 0 Å². The highest BCUT2D eigenvalue weighted by atomic mass is 127. The molecule has 0 aromatic heterocycles. The summed E-state index contributed by atoms with van der Waals surface area (Å²) in [5, 5.41) is 14.0. The van der Waals surface area contributed by atoms with Crippen molar-refractivity contribution >= 4 is 34.1 Å². The molecule has 23 heavy (non-hydrogen) atoms. The molecular weight excluding hydrogens is 405 g/mol. The van der Waals surface area contributed by atoms with Gasteiger partial charge >= 0.3 is 0 Å². The number of carbonyl (C=O) groups excluding carboxylic acids is 1. The third-order valence-corrected chi connectivity index (χ3v) is 5.76. The molecule has 1 spiro atoms. The van der Waals surface area contributed by atoms with Crippen LogP contribution in [0.4, 0.5) is 0 Å². The average molecular weight is 427 g/mol. The lowest BCUT2D eigenvalue weighted by Crippen LogP contribution is -2.48. The summed E-state index contributed by atoms with van der Waals surface area (Å²) in [6.07, 6.45) is 3.35. The maximum atomic E-state index is 12.6. The second-order valence-corrected chi connectivity index (χ2v) is 7.86. The highest BCUT2D eigenvalue weighted by Gasteiger charge is 2.48. The van der Waals surface area contributed by atoms with Gasteiger partial charge in [-0.25, -0.2) is 0 Å². The molecule has 1 aromatic carbocycles. The van der Waals surface area contributed by atoms with Crippen molar-refractivity contribution in [2.75, 3.05) is 7.11 Å². The summed E-state index contributed by atoms with van der Waals surface area (Å²) in [6.45, 7) is 3.98. The molecule has 1 amide bonds. The largest absolute Gasteiger partial charge is 0.509 e. The highest BCUT2D eigenvalue weighted by Crippen LogP contribution is 2.43. The van der Waals surface area contributed by atoms with Crippen molar-refractivity contribution in [3.63, 3.8) is 0 Å². The van der Waals surface area contributed by atoms with Crippen LogP contribution in [0.2, 0.25) is 0 Å². The molecule has 3 rings (SSSR count). The SMILES string of the molecule is COC1CCC2(CC1)NC(=O)C(c1c(C)cc(I)cc1C)=C2O. The first-order valence-electron chi connectivity index (χ1n) is 7.94. The molecule has 1 aromatic rings. The van der Waals surface area contributed by atoms with Crippen molar-refractivity contribution in [1.82, 2.24) is 5.32 Å². The third-order valence-electron chi connectivity index (χ3n) is 5.14. The Morgan fingerprint density at radius 2 is 1.83 bits per heavy atom. The fraction of sp³-hybridized carbons (Fsp3) is 0.500. The summed E-state index contributed by atoms with van der Waals surface area (Å²) in [5.41, 5.74) is 2.75. The smallest absolute Gasteiger partial charge is 0.256 e. The zero-order valence-electron chi connectivity index (χ0n) is 13.7. The minimum Gasteiger partial charge on any atom is -0.509 e. The number of hydrogen-bond acceptors (Lipinski definition) is 3. The van der Waals surface area contributed by atoms with Crippen LogP contribution in [0, 0.1) is 17.4 Å². The van der Waals surface area contributed by atoms with Crippen LogP contribution in [0.1, 0.15) is 42.4 Å². The molecule has 4 nitrogen and oxygen atoms in total. The van der Waals surface area contributed by atoms with E-state index in [9.17, 15) is 9.90 Å². The fourth-order valence-corrected chi connectivity index (χ4v) is 4.84. The first-order valence-corrected chi connectivity index (χ1v) is 9.02. The molecule has 0 saturated heterocycles. The summed E-state index contributed by atoms with van der Waals surface area (Å²) in [5.74, 6) is 0.0511. The van der Waals surface area contributed by atoms with Crippen LogP contribution in [-0.4, -0.2) is 29.8 Å². The van der Waals surface area contributed by atoms with Crippen molar-refractivity contribution in [3.8, 4) is 0 Å². The van der Waals surface area contributed by atoms with Crippen LogP contribution in [0.3, 0.4) is 0 Å². The minimum atomic E-state index is -0.608. The Morgan fingerprint density at radius 1 is 1.26 bits per heavy atom. The van der Waals surface area contributed by atoms with Gasteiger partial charge in [0.25, 0.3) is 5.91 Å². The maximum absolute atomic E-state index is 12.6. The van der Waals surface area contributed by atoms with Crippen LogP contribution >= 0.6 is 22.6 Å². The number of rotatable bonds is 2. The molecule has 1 heterocycles. The van der Waals surface area contributed by atoms with Gasteiger partial charge < -0.3 is 15.2 Å². The second-order valence-electron chi connectivity index (χ2n) is 6.61. The van der Waals surface area contributed by atoms with Gasteiger partial charge in [-0.05, 0) is 90.9 Å². The van der Waals surface area contributed by atoms with E-state index in [4.69, 9.17) is 4.74 Å². The average Bonchev–Trinajstić information content (AvgIpc) is 2.72. The number of aryl methyl sites for hydroxylation is 2. The summed E-state index contributed by atoms with van der Waals surface area (Å²) < 4.78 is 6.54. The number of aliphatic hydroxyl groups excluding tert-OH is 1. The van der Waals surface area contributed by atoms with Gasteiger partial charge in [0.1, 0.15) is 5.76 Å². The van der Waals surface area contributed by atoms with Gasteiger partial charge in [0, 0.05) is 10.7 Å². The van der Waals surface area contributed by atoms with Crippen LogP contribution in [0.5, 0.6) is 0 Å². The quantitative estimate of drug-likeness (QED) is 0.709. The van der Waals surface area contributed by atoms with Crippen molar-refractivity contribution < 1.29 is 14.6 Å². The number of halogens is 1. The molecule has 5 heteroatoms. The number of amides is 1. The molecule has 2 aliphatic rings. The molecular formula is C18H22INO3. The van der Waals surface area contributed by atoms with Gasteiger partial charge in [0.2, 0.25) is 0 Å². The zero-order chi connectivity index (χ0) is 16.8. The van der Waals surface area contributed by atoms with Crippen molar-refractivity contribution in [2.24, 2.45) is 0 Å². The molecule has 1 aliphatic carbocycles. The van der Waals surface area contributed by atoms with Crippen LogP contribution in [0.25, 0.3) is 5.57 Å². The number of aliphatic hydroxyl groups is 1. The first kappa shape index (κ1) is 16.8. The predicted molar refractivity (Wildman–Crippen MR) is 98.3 cm³/mol. The van der Waals surface area contributed by atoms with Crippen molar-refractivity contribution in [1.29, 1.82) is 0 Å². The summed E-state index contributed by atoms with van der Waals surface area (Å²) in [6, 6.07) is 4.09. The summed E-state index contributed by atoms with van der Waals surface area (Å²) in [7, 11) is 1.72. The van der Waals surface area contributed by atoms with E-state index in [0.29, 0.717) is 5.57 Å². The fourth-order valence-electron chi connectivity index (χ4n) is 3.90. The molecule has 1 saturated carbocycles. The lowest BCUT2D eigenvalue weighted by atomic mass is 9.79. The normalized spacial score (nSPS) is 27.7. The monoisotopic (exact) mass is 427 g/mol. The lowest BCUT2D eigenvalue weighted by molar-refractivity contribution is -0.116. The molecule has 0 unspecified atom stereocenters. The van der Waals surface area contributed by atoms with E-state index in [2.05, 4.69) is 27.9 Å². The Balaban J connectivity index is 2.04. The lowest BCUT2D eigenvalue weighted by Gasteiger charge is -2.36. The topological polar surface area (TPSA) is 58.6 Å². The van der Waals surface area contributed by atoms with E-state index in [1.54, 1.807) is 7.11 Å². The van der Waals surface area contributed by atoms with E-state index < -0.39 is 5.54 Å². The molecule has 1 aliphatic heterocycles. The van der Waals surface area contributed by atoms with E-state index in [-0.39, 0.29) is 17.8 Å². The van der Waals surface area contributed by atoms with Gasteiger partial charge in [-0.1, -0.05) is 0 Å². The van der Waals surface area contributed by atoms with Crippen LogP contribution in [-0.2, 0) is 9.53 Å². The van der Waals surface area contributed by atoms with E-state index in [0.717, 1.165) is 45.9 Å². The van der Waals surface area contributed by atoms with Crippen LogP contribution in [0.15, 0.2) is 17.9 Å².